The molecule has 0 rings (SSSR count). The van der Waals surface area contributed by atoms with Crippen molar-refractivity contribution in [3.63, 3.8) is 0 Å². The number of hydrogen-bond acceptors (Lipinski definition) is 2. The summed E-state index contributed by atoms with van der Waals surface area (Å²) in [5.74, 6) is 0. The molecular formula is C18H40N2. The van der Waals surface area contributed by atoms with Crippen LogP contribution in [0.1, 0.15) is 80.6 Å². The number of hydrogen-bond donors (Lipinski definition) is 1. The fraction of sp³-hybridized carbons (Fsp3) is 1.00. The van der Waals surface area contributed by atoms with Crippen molar-refractivity contribution in [1.82, 2.24) is 10.2 Å². The zero-order valence-corrected chi connectivity index (χ0v) is 15.3. The molecule has 0 aromatic carbocycles. The molecule has 0 aliphatic rings. The van der Waals surface area contributed by atoms with Gasteiger partial charge in [-0.2, -0.15) is 0 Å². The van der Waals surface area contributed by atoms with Gasteiger partial charge < -0.3 is 10.2 Å². The molecule has 0 aromatic rings. The Hall–Kier alpha value is -0.0800. The smallest absolute Gasteiger partial charge is 0.00645 e. The Balaban J connectivity index is 4.68. The molecule has 0 radical (unpaired) electrons. The van der Waals surface area contributed by atoms with Gasteiger partial charge in [-0.3, -0.25) is 0 Å². The Labute approximate surface area is 128 Å². The number of nitrogens with one attached hydrogen (secondary N) is 1. The second-order valence-electron chi connectivity index (χ2n) is 7.18. The van der Waals surface area contributed by atoms with Crippen LogP contribution in [0.25, 0.3) is 0 Å². The molecule has 0 fully saturated rings. The van der Waals surface area contributed by atoms with Gasteiger partial charge in [0.25, 0.3) is 0 Å². The first kappa shape index (κ1) is 19.9. The second-order valence-corrected chi connectivity index (χ2v) is 7.18. The Kier molecular flexibility index (Phi) is 10.6. The van der Waals surface area contributed by atoms with Crippen molar-refractivity contribution in [3.8, 4) is 0 Å². The summed E-state index contributed by atoms with van der Waals surface area (Å²) < 4.78 is 0. The maximum absolute atomic E-state index is 3.66. The molecule has 20 heavy (non-hydrogen) atoms. The monoisotopic (exact) mass is 284 g/mol. The van der Waals surface area contributed by atoms with Crippen LogP contribution in [-0.4, -0.2) is 36.6 Å². The van der Waals surface area contributed by atoms with Crippen molar-refractivity contribution in [1.29, 1.82) is 0 Å². The Morgan fingerprint density at radius 2 is 1.70 bits per heavy atom. The molecule has 0 saturated carbocycles. The molecule has 0 amide bonds. The van der Waals surface area contributed by atoms with Crippen LogP contribution in [-0.2, 0) is 0 Å². The standard InChI is InChI=1S/C18H40N2/c1-8-11-13-20(17(6)10-3)15-18(7,12-9-2)14-19-16(4)5/h16-17,19H,8-15H2,1-7H3. The second kappa shape index (κ2) is 10.6. The lowest BCUT2D eigenvalue weighted by molar-refractivity contribution is 0.110. The van der Waals surface area contributed by atoms with Gasteiger partial charge in [0, 0.05) is 25.2 Å². The Bertz CT molecular complexity index is 227. The van der Waals surface area contributed by atoms with Gasteiger partial charge in [-0.1, -0.05) is 54.4 Å². The summed E-state index contributed by atoms with van der Waals surface area (Å²) in [5.41, 5.74) is 0.399. The molecule has 2 atom stereocenters. The minimum Gasteiger partial charge on any atom is -0.314 e. The van der Waals surface area contributed by atoms with Gasteiger partial charge in [-0.25, -0.2) is 0 Å². The van der Waals surface area contributed by atoms with Crippen LogP contribution in [0, 0.1) is 5.41 Å². The summed E-state index contributed by atoms with van der Waals surface area (Å²) in [6.45, 7) is 19.9. The van der Waals surface area contributed by atoms with E-state index < -0.39 is 0 Å². The van der Waals surface area contributed by atoms with E-state index in [0.29, 0.717) is 17.5 Å². The van der Waals surface area contributed by atoms with E-state index in [4.69, 9.17) is 0 Å². The number of rotatable bonds is 12. The van der Waals surface area contributed by atoms with Crippen molar-refractivity contribution < 1.29 is 0 Å². The SMILES string of the molecule is CCCCN(CC(C)(CCC)CNC(C)C)C(C)CC. The maximum atomic E-state index is 3.66. The Morgan fingerprint density at radius 1 is 1.05 bits per heavy atom. The van der Waals surface area contributed by atoms with E-state index in [1.165, 1.54) is 45.2 Å². The topological polar surface area (TPSA) is 15.3 Å². The van der Waals surface area contributed by atoms with Gasteiger partial charge in [0.15, 0.2) is 0 Å². The number of nitrogens with zero attached hydrogens (tertiary/aromatic N) is 1. The first-order valence-electron chi connectivity index (χ1n) is 8.86. The molecule has 1 N–H and O–H groups in total. The highest BCUT2D eigenvalue weighted by molar-refractivity contribution is 4.83. The van der Waals surface area contributed by atoms with Crippen LogP contribution in [0.4, 0.5) is 0 Å². The first-order chi connectivity index (χ1) is 9.38. The van der Waals surface area contributed by atoms with Crippen molar-refractivity contribution in [2.45, 2.75) is 92.7 Å². The zero-order valence-electron chi connectivity index (χ0n) is 15.3. The highest BCUT2D eigenvalue weighted by Crippen LogP contribution is 2.26. The fourth-order valence-corrected chi connectivity index (χ4v) is 2.84. The molecule has 0 aliphatic carbocycles. The van der Waals surface area contributed by atoms with E-state index in [1.54, 1.807) is 0 Å². The third-order valence-electron chi connectivity index (χ3n) is 4.39. The fourth-order valence-electron chi connectivity index (χ4n) is 2.84. The van der Waals surface area contributed by atoms with Crippen LogP contribution < -0.4 is 5.32 Å². The molecule has 0 spiro atoms. The summed E-state index contributed by atoms with van der Waals surface area (Å²) in [5, 5.41) is 3.66. The predicted octanol–water partition coefficient (Wildman–Crippen LogP) is 4.69. The third kappa shape index (κ3) is 8.26. The first-order valence-corrected chi connectivity index (χ1v) is 8.86. The molecule has 122 valence electrons. The van der Waals surface area contributed by atoms with E-state index in [1.807, 2.05) is 0 Å². The molecule has 2 heteroatoms. The van der Waals surface area contributed by atoms with Gasteiger partial charge >= 0.3 is 0 Å². The van der Waals surface area contributed by atoms with Crippen molar-refractivity contribution in [2.75, 3.05) is 19.6 Å². The van der Waals surface area contributed by atoms with Gasteiger partial charge in [0.05, 0.1) is 0 Å². The van der Waals surface area contributed by atoms with Crippen LogP contribution >= 0.6 is 0 Å². The summed E-state index contributed by atoms with van der Waals surface area (Å²) in [6.07, 6.45) is 6.46. The summed E-state index contributed by atoms with van der Waals surface area (Å²) in [7, 11) is 0. The predicted molar refractivity (Wildman–Crippen MR) is 92.4 cm³/mol. The van der Waals surface area contributed by atoms with Gasteiger partial charge in [-0.15, -0.1) is 0 Å². The molecular weight excluding hydrogens is 244 g/mol. The van der Waals surface area contributed by atoms with Crippen LogP contribution in [0.2, 0.25) is 0 Å². The lowest BCUT2D eigenvalue weighted by atomic mass is 9.84. The average Bonchev–Trinajstić information content (AvgIpc) is 2.41. The van der Waals surface area contributed by atoms with Crippen molar-refractivity contribution >= 4 is 0 Å². The molecule has 0 heterocycles. The zero-order chi connectivity index (χ0) is 15.6. The van der Waals surface area contributed by atoms with Crippen molar-refractivity contribution in [2.24, 2.45) is 5.41 Å². The van der Waals surface area contributed by atoms with E-state index in [9.17, 15) is 0 Å². The third-order valence-corrected chi connectivity index (χ3v) is 4.39. The van der Waals surface area contributed by atoms with Crippen LogP contribution in [0.15, 0.2) is 0 Å². The normalized spacial score (nSPS) is 16.6. The van der Waals surface area contributed by atoms with E-state index in [-0.39, 0.29) is 0 Å². The lowest BCUT2D eigenvalue weighted by Crippen LogP contribution is -2.46. The minimum atomic E-state index is 0.399. The largest absolute Gasteiger partial charge is 0.314 e. The summed E-state index contributed by atoms with van der Waals surface area (Å²) in [6, 6.07) is 1.29. The maximum Gasteiger partial charge on any atom is 0.00645 e. The van der Waals surface area contributed by atoms with Crippen molar-refractivity contribution in [3.05, 3.63) is 0 Å². The highest BCUT2D eigenvalue weighted by atomic mass is 15.2. The molecule has 0 bridgehead atoms. The minimum absolute atomic E-state index is 0.399. The van der Waals surface area contributed by atoms with Gasteiger partial charge in [-0.05, 0) is 38.1 Å². The van der Waals surface area contributed by atoms with E-state index in [2.05, 4.69) is 58.7 Å². The Morgan fingerprint density at radius 3 is 2.15 bits per heavy atom. The van der Waals surface area contributed by atoms with E-state index in [0.717, 1.165) is 6.54 Å². The lowest BCUT2D eigenvalue weighted by Gasteiger charge is -2.39. The van der Waals surface area contributed by atoms with Crippen LogP contribution in [0.3, 0.4) is 0 Å². The number of unbranched alkanes of at least 4 members (excludes halogenated alkanes) is 1. The molecule has 0 aromatic heterocycles. The van der Waals surface area contributed by atoms with Gasteiger partial charge in [0.2, 0.25) is 0 Å². The summed E-state index contributed by atoms with van der Waals surface area (Å²) in [4.78, 5) is 2.72. The average molecular weight is 285 g/mol. The van der Waals surface area contributed by atoms with Gasteiger partial charge in [0.1, 0.15) is 0 Å². The quantitative estimate of drug-likeness (QED) is 0.559. The molecule has 2 unspecified atom stereocenters. The summed E-state index contributed by atoms with van der Waals surface area (Å²) >= 11 is 0. The molecule has 0 saturated heterocycles. The molecule has 2 nitrogen and oxygen atoms in total. The van der Waals surface area contributed by atoms with Crippen LogP contribution in [0.5, 0.6) is 0 Å². The van der Waals surface area contributed by atoms with E-state index >= 15 is 0 Å². The highest BCUT2D eigenvalue weighted by Gasteiger charge is 2.27. The molecule has 0 aliphatic heterocycles.